The summed E-state index contributed by atoms with van der Waals surface area (Å²) >= 11 is 0. The summed E-state index contributed by atoms with van der Waals surface area (Å²) < 4.78 is 0. The Bertz CT molecular complexity index is 2040. The Morgan fingerprint density at radius 1 is 0.441 bits per heavy atom. The molecule has 6 aromatic carbocycles. The van der Waals surface area contributed by atoms with Gasteiger partial charge in [0, 0.05) is 33.3 Å². The van der Waals surface area contributed by atoms with Crippen LogP contribution in [0.25, 0.3) is 76.2 Å². The van der Waals surface area contributed by atoms with Crippen molar-refractivity contribution in [2.24, 2.45) is 0 Å². The molecule has 2 nitrogen and oxygen atoms in total. The van der Waals surface area contributed by atoms with Gasteiger partial charge in [-0.05, 0) is 44.5 Å². The Hall–Kier alpha value is -4.56. The van der Waals surface area contributed by atoms with E-state index in [4.69, 9.17) is 9.97 Å². The van der Waals surface area contributed by atoms with Crippen LogP contribution >= 0.6 is 0 Å². The molecule has 2 heteroatoms. The molecule has 0 aliphatic carbocycles. The van der Waals surface area contributed by atoms with Gasteiger partial charge in [-0.2, -0.15) is 0 Å². The van der Waals surface area contributed by atoms with E-state index in [0.29, 0.717) is 0 Å². The zero-order chi connectivity index (χ0) is 22.2. The van der Waals surface area contributed by atoms with Crippen LogP contribution in [0.15, 0.2) is 109 Å². The second-order valence-corrected chi connectivity index (χ2v) is 9.01. The minimum absolute atomic E-state index is 0.994. The molecule has 2 aromatic heterocycles. The Morgan fingerprint density at radius 3 is 2.06 bits per heavy atom. The van der Waals surface area contributed by atoms with Crippen molar-refractivity contribution in [2.45, 2.75) is 0 Å². The molecule has 0 aliphatic heterocycles. The molecule has 0 fully saturated rings. The number of nitrogens with zero attached hydrogens (tertiary/aromatic N) is 2. The van der Waals surface area contributed by atoms with Gasteiger partial charge in [0.2, 0.25) is 0 Å². The van der Waals surface area contributed by atoms with E-state index in [1.54, 1.807) is 0 Å². The maximum Gasteiger partial charge on any atom is 0.0795 e. The number of hydrogen-bond acceptors (Lipinski definition) is 2. The minimum atomic E-state index is 0.994. The minimum Gasteiger partial charge on any atom is -0.256 e. The van der Waals surface area contributed by atoms with Gasteiger partial charge in [-0.3, -0.25) is 4.98 Å². The van der Waals surface area contributed by atoms with E-state index in [1.807, 2.05) is 12.3 Å². The van der Waals surface area contributed by atoms with Crippen LogP contribution < -0.4 is 0 Å². The van der Waals surface area contributed by atoms with Gasteiger partial charge in [0.05, 0.1) is 16.7 Å². The molecule has 0 unspecified atom stereocenters. The maximum absolute atomic E-state index is 5.23. The molecule has 156 valence electrons. The second-order valence-electron chi connectivity index (χ2n) is 9.01. The molecule has 0 atom stereocenters. The van der Waals surface area contributed by atoms with Gasteiger partial charge in [-0.1, -0.05) is 91.0 Å². The Kier molecular flexibility index (Phi) is 3.42. The number of aromatic nitrogens is 2. The zero-order valence-corrected chi connectivity index (χ0v) is 18.3. The highest BCUT2D eigenvalue weighted by Gasteiger charge is 2.17. The zero-order valence-electron chi connectivity index (χ0n) is 18.3. The topological polar surface area (TPSA) is 25.8 Å². The molecule has 0 amide bonds. The summed E-state index contributed by atoms with van der Waals surface area (Å²) in [5.41, 5.74) is 4.20. The Balaban J connectivity index is 1.60. The van der Waals surface area contributed by atoms with Crippen LogP contribution in [0.3, 0.4) is 0 Å². The third-order valence-corrected chi connectivity index (χ3v) is 7.22. The SMILES string of the molecule is c1cnc2c(c1)ccc1c(-c3ccc4ccc5cccc6ccc3c4c56)nc3ccccc3c12. The van der Waals surface area contributed by atoms with Crippen molar-refractivity contribution < 1.29 is 0 Å². The summed E-state index contributed by atoms with van der Waals surface area (Å²) in [5.74, 6) is 0. The Morgan fingerprint density at radius 2 is 1.15 bits per heavy atom. The first-order valence-electron chi connectivity index (χ1n) is 11.6. The molecule has 34 heavy (non-hydrogen) atoms. The summed E-state index contributed by atoms with van der Waals surface area (Å²) in [6.45, 7) is 0. The van der Waals surface area contributed by atoms with Crippen molar-refractivity contribution >= 4 is 64.9 Å². The van der Waals surface area contributed by atoms with E-state index >= 15 is 0 Å². The van der Waals surface area contributed by atoms with Crippen LogP contribution in [-0.2, 0) is 0 Å². The highest BCUT2D eigenvalue weighted by molar-refractivity contribution is 6.27. The summed E-state index contributed by atoms with van der Waals surface area (Å²) in [6.07, 6.45) is 1.88. The third kappa shape index (κ3) is 2.29. The van der Waals surface area contributed by atoms with Crippen LogP contribution in [0.2, 0.25) is 0 Å². The van der Waals surface area contributed by atoms with E-state index in [2.05, 4.69) is 97.1 Å². The average molecular weight is 431 g/mol. The number of rotatable bonds is 1. The highest BCUT2D eigenvalue weighted by atomic mass is 14.7. The van der Waals surface area contributed by atoms with E-state index in [0.717, 1.165) is 38.4 Å². The van der Waals surface area contributed by atoms with Gasteiger partial charge < -0.3 is 0 Å². The molecule has 0 saturated heterocycles. The molecular formula is C32H18N2. The lowest BCUT2D eigenvalue weighted by atomic mass is 9.89. The molecule has 0 spiro atoms. The first-order chi connectivity index (χ1) is 16.9. The molecule has 0 N–H and O–H groups in total. The van der Waals surface area contributed by atoms with E-state index in [9.17, 15) is 0 Å². The maximum atomic E-state index is 5.23. The molecule has 8 rings (SSSR count). The number of para-hydroxylation sites is 1. The molecule has 0 bridgehead atoms. The van der Waals surface area contributed by atoms with Crippen molar-refractivity contribution in [2.75, 3.05) is 0 Å². The van der Waals surface area contributed by atoms with Crippen molar-refractivity contribution in [3.8, 4) is 11.3 Å². The van der Waals surface area contributed by atoms with Gasteiger partial charge in [0.15, 0.2) is 0 Å². The van der Waals surface area contributed by atoms with Crippen molar-refractivity contribution in [3.05, 3.63) is 109 Å². The summed E-state index contributed by atoms with van der Waals surface area (Å²) in [6, 6.07) is 36.9. The second kappa shape index (κ2) is 6.49. The molecule has 0 saturated carbocycles. The molecule has 0 radical (unpaired) electrons. The largest absolute Gasteiger partial charge is 0.256 e. The lowest BCUT2D eigenvalue weighted by Gasteiger charge is -2.16. The monoisotopic (exact) mass is 430 g/mol. The van der Waals surface area contributed by atoms with Gasteiger partial charge in [0.25, 0.3) is 0 Å². The summed E-state index contributed by atoms with van der Waals surface area (Å²) in [4.78, 5) is 10.0. The molecular weight excluding hydrogens is 412 g/mol. The molecule has 0 aliphatic rings. The van der Waals surface area contributed by atoms with Crippen LogP contribution in [0.1, 0.15) is 0 Å². The van der Waals surface area contributed by atoms with Crippen LogP contribution in [0.4, 0.5) is 0 Å². The quantitative estimate of drug-likeness (QED) is 0.244. The number of benzene rings is 6. The molecule has 2 heterocycles. The normalized spacial score (nSPS) is 12.1. The van der Waals surface area contributed by atoms with Crippen LogP contribution in [0.5, 0.6) is 0 Å². The van der Waals surface area contributed by atoms with Crippen LogP contribution in [-0.4, -0.2) is 9.97 Å². The fourth-order valence-corrected chi connectivity index (χ4v) is 5.73. The van der Waals surface area contributed by atoms with Crippen molar-refractivity contribution in [1.29, 1.82) is 0 Å². The predicted molar refractivity (Wildman–Crippen MR) is 144 cm³/mol. The number of fused-ring (bicyclic) bond motifs is 5. The van der Waals surface area contributed by atoms with Crippen molar-refractivity contribution in [3.63, 3.8) is 0 Å². The Labute approximate surface area is 195 Å². The lowest BCUT2D eigenvalue weighted by molar-refractivity contribution is 1.41. The van der Waals surface area contributed by atoms with Gasteiger partial charge in [0.1, 0.15) is 0 Å². The standard InChI is InChI=1S/C32H18N2/c1-2-9-27-25(8-1)30-26(17-14-22-7-4-18-33-31(22)30)32(34-27)24-16-13-21-11-10-19-5-3-6-20-12-15-23(24)29(21)28(19)20/h1-18H. The number of hydrogen-bond donors (Lipinski definition) is 0. The fraction of sp³-hybridized carbons (Fsp3) is 0. The fourth-order valence-electron chi connectivity index (χ4n) is 5.73. The van der Waals surface area contributed by atoms with E-state index in [-0.39, 0.29) is 0 Å². The lowest BCUT2D eigenvalue weighted by Crippen LogP contribution is -1.93. The molecule has 8 aromatic rings. The van der Waals surface area contributed by atoms with Gasteiger partial charge >= 0.3 is 0 Å². The average Bonchev–Trinajstić information content (AvgIpc) is 2.91. The summed E-state index contributed by atoms with van der Waals surface area (Å²) in [5, 5.41) is 12.3. The van der Waals surface area contributed by atoms with Crippen LogP contribution in [0, 0.1) is 0 Å². The van der Waals surface area contributed by atoms with E-state index < -0.39 is 0 Å². The van der Waals surface area contributed by atoms with Gasteiger partial charge in [-0.15, -0.1) is 0 Å². The summed E-state index contributed by atoms with van der Waals surface area (Å²) in [7, 11) is 0. The third-order valence-electron chi connectivity index (χ3n) is 7.22. The smallest absolute Gasteiger partial charge is 0.0795 e. The van der Waals surface area contributed by atoms with Gasteiger partial charge in [-0.25, -0.2) is 4.98 Å². The van der Waals surface area contributed by atoms with E-state index in [1.165, 1.54) is 37.7 Å². The number of pyridine rings is 2. The predicted octanol–water partition coefficient (Wildman–Crippen LogP) is 8.50. The van der Waals surface area contributed by atoms with Crippen molar-refractivity contribution in [1.82, 2.24) is 9.97 Å². The first-order valence-corrected chi connectivity index (χ1v) is 11.6. The first kappa shape index (κ1) is 17.9. The highest BCUT2D eigenvalue weighted by Crippen LogP contribution is 2.42.